The van der Waals surface area contributed by atoms with Crippen molar-refractivity contribution >= 4 is 22.1 Å². The quantitative estimate of drug-likeness (QED) is 0.0887. The highest BCUT2D eigenvalue weighted by atomic mass is 16.5. The third kappa shape index (κ3) is 8.48. The minimum absolute atomic E-state index is 0.0835. The van der Waals surface area contributed by atoms with E-state index in [1.165, 1.54) is 25.5 Å². The summed E-state index contributed by atoms with van der Waals surface area (Å²) >= 11 is 0. The number of ether oxygens (including phenoxy) is 2. The first-order valence-corrected chi connectivity index (χ1v) is 21.8. The number of nitrogens with one attached hydrogen (secondary N) is 2. The molecule has 64 heavy (non-hydrogen) atoms. The highest BCUT2D eigenvalue weighted by Gasteiger charge is 2.30. The minimum Gasteiger partial charge on any atom is -0.491 e. The topological polar surface area (TPSA) is 167 Å². The highest BCUT2D eigenvalue weighted by molar-refractivity contribution is 5.95. The number of rotatable bonds is 16. The van der Waals surface area contributed by atoms with Gasteiger partial charge in [0.15, 0.2) is 0 Å². The van der Waals surface area contributed by atoms with Crippen molar-refractivity contribution < 1.29 is 19.7 Å². The number of β-amino-alcohol motifs (C(OH)–C–C–N with tert-alkyl or cyclic N) is 1. The summed E-state index contributed by atoms with van der Waals surface area (Å²) in [4.78, 5) is 45.4. The van der Waals surface area contributed by atoms with E-state index in [0.717, 1.165) is 52.2 Å². The molecule has 2 fully saturated rings. The lowest BCUT2D eigenvalue weighted by Crippen LogP contribution is -2.34. The lowest BCUT2D eigenvalue weighted by atomic mass is 9.90. The molecule has 2 aliphatic rings. The number of aliphatic hydroxyl groups excluding tert-OH is 2. The van der Waals surface area contributed by atoms with E-state index in [1.807, 2.05) is 126 Å². The highest BCUT2D eigenvalue weighted by Crippen LogP contribution is 2.40. The number of H-pyrrole nitrogens is 2. The van der Waals surface area contributed by atoms with Crippen LogP contribution in [0.15, 0.2) is 138 Å². The summed E-state index contributed by atoms with van der Waals surface area (Å²) in [5.41, 5.74) is 7.94. The van der Waals surface area contributed by atoms with Gasteiger partial charge in [0.1, 0.15) is 59.0 Å². The predicted molar refractivity (Wildman–Crippen MR) is 247 cm³/mol. The molecule has 3 unspecified atom stereocenters. The van der Waals surface area contributed by atoms with Crippen LogP contribution in [0.25, 0.3) is 55.7 Å². The number of hydrogen-bond acceptors (Lipinski definition) is 10. The van der Waals surface area contributed by atoms with Gasteiger partial charge in [0.05, 0.1) is 12.7 Å². The van der Waals surface area contributed by atoms with Gasteiger partial charge in [-0.2, -0.15) is 0 Å². The number of aliphatic hydroxyl groups is 2. The summed E-state index contributed by atoms with van der Waals surface area (Å²) in [6, 6.07) is 33.6. The number of benzene rings is 4. The summed E-state index contributed by atoms with van der Waals surface area (Å²) < 4.78 is 16.1. The number of nitrogens with zero attached hydrogens (tertiary/aromatic N) is 6. The predicted octanol–water partition coefficient (Wildman–Crippen LogP) is 6.14. The maximum absolute atomic E-state index is 13.3. The molecule has 0 spiro atoms. The molecule has 0 amide bonds. The van der Waals surface area contributed by atoms with E-state index in [4.69, 9.17) is 9.47 Å². The average molecular weight is 859 g/mol. The number of likely N-dealkylation sites (N-methyl/N-ethyl adjacent to an activating group) is 1. The Hall–Kier alpha value is -6.84. The molecule has 3 atom stereocenters. The normalized spacial score (nSPS) is 16.5. The molecule has 14 heteroatoms. The van der Waals surface area contributed by atoms with Gasteiger partial charge in [0, 0.05) is 60.6 Å². The lowest BCUT2D eigenvalue weighted by molar-refractivity contribution is 0.0741. The van der Waals surface area contributed by atoms with E-state index < -0.39 is 12.2 Å². The van der Waals surface area contributed by atoms with E-state index in [-0.39, 0.29) is 30.3 Å². The summed E-state index contributed by atoms with van der Waals surface area (Å²) in [6.07, 6.45) is 8.58. The van der Waals surface area contributed by atoms with E-state index in [2.05, 4.69) is 35.8 Å². The molecule has 4 aromatic carbocycles. The molecule has 4 N–H and O–H groups in total. The van der Waals surface area contributed by atoms with Crippen molar-refractivity contribution in [1.82, 2.24) is 38.9 Å². The molecule has 8 aromatic rings. The van der Waals surface area contributed by atoms with Crippen LogP contribution in [0.3, 0.4) is 0 Å². The van der Waals surface area contributed by atoms with Crippen LogP contribution in [0.2, 0.25) is 0 Å². The molecule has 0 radical (unpaired) electrons. The van der Waals surface area contributed by atoms with Crippen molar-refractivity contribution in [2.75, 3.05) is 46.4 Å². The zero-order valence-electron chi connectivity index (χ0n) is 35.5. The van der Waals surface area contributed by atoms with Crippen molar-refractivity contribution in [2.45, 2.75) is 43.4 Å². The first-order chi connectivity index (χ1) is 31.3. The van der Waals surface area contributed by atoms with Crippen LogP contribution in [0.1, 0.15) is 30.7 Å². The van der Waals surface area contributed by atoms with Crippen molar-refractivity contribution in [3.05, 3.63) is 154 Å². The molecule has 14 nitrogen and oxygen atoms in total. The Morgan fingerprint density at radius 2 is 1.28 bits per heavy atom. The molecule has 1 aliphatic carbocycles. The van der Waals surface area contributed by atoms with Crippen LogP contribution in [-0.4, -0.2) is 114 Å². The van der Waals surface area contributed by atoms with E-state index in [9.17, 15) is 19.8 Å². The van der Waals surface area contributed by atoms with Crippen LogP contribution in [0, 0.1) is 0 Å². The second-order valence-corrected chi connectivity index (χ2v) is 17.0. The SMILES string of the molecule is CN(CC(O)COc1ccc(-c2cn(-c3ccccc3)c3c(=O)[nH]cnc23)c(C2CCN(CC(O)COc3ccc(-c4cn(-c5ccccc5)c5c(=O)[nH]cnc45)cc3)C2)c1)C1CC1. The van der Waals surface area contributed by atoms with Crippen molar-refractivity contribution in [2.24, 2.45) is 0 Å². The molecular formula is C50H50N8O6. The molecule has 1 saturated carbocycles. The molecule has 326 valence electrons. The Morgan fingerprint density at radius 3 is 1.92 bits per heavy atom. The van der Waals surface area contributed by atoms with Crippen LogP contribution in [0.4, 0.5) is 0 Å². The van der Waals surface area contributed by atoms with Crippen LogP contribution < -0.4 is 20.6 Å². The third-order valence-electron chi connectivity index (χ3n) is 12.4. The average Bonchev–Trinajstić information content (AvgIpc) is 3.76. The van der Waals surface area contributed by atoms with Gasteiger partial charge in [-0.1, -0.05) is 54.6 Å². The monoisotopic (exact) mass is 858 g/mol. The maximum Gasteiger partial charge on any atom is 0.275 e. The largest absolute Gasteiger partial charge is 0.491 e. The van der Waals surface area contributed by atoms with Crippen LogP contribution in [0.5, 0.6) is 11.5 Å². The van der Waals surface area contributed by atoms with Gasteiger partial charge in [-0.25, -0.2) is 9.97 Å². The fraction of sp³-hybridized carbons (Fsp3) is 0.280. The number of likely N-dealkylation sites (tertiary alicyclic amines) is 1. The van der Waals surface area contributed by atoms with Crippen LogP contribution >= 0.6 is 0 Å². The number of fused-ring (bicyclic) bond motifs is 2. The molecule has 4 aromatic heterocycles. The van der Waals surface area contributed by atoms with Gasteiger partial charge in [0.25, 0.3) is 11.1 Å². The first kappa shape index (κ1) is 41.2. The maximum atomic E-state index is 13.3. The van der Waals surface area contributed by atoms with Gasteiger partial charge in [0.2, 0.25) is 0 Å². The second-order valence-electron chi connectivity index (χ2n) is 17.0. The van der Waals surface area contributed by atoms with Crippen molar-refractivity contribution in [1.29, 1.82) is 0 Å². The molecule has 1 saturated heterocycles. The third-order valence-corrected chi connectivity index (χ3v) is 12.4. The van der Waals surface area contributed by atoms with E-state index in [1.54, 1.807) is 0 Å². The number of aromatic amines is 2. The van der Waals surface area contributed by atoms with Crippen LogP contribution in [-0.2, 0) is 0 Å². The van der Waals surface area contributed by atoms with Gasteiger partial charge in [-0.05, 0) is 104 Å². The Kier molecular flexibility index (Phi) is 11.4. The fourth-order valence-electron chi connectivity index (χ4n) is 9.11. The second kappa shape index (κ2) is 17.7. The van der Waals surface area contributed by atoms with E-state index in [0.29, 0.717) is 59.2 Å². The van der Waals surface area contributed by atoms with E-state index >= 15 is 0 Å². The summed E-state index contributed by atoms with van der Waals surface area (Å²) in [5.74, 6) is 1.36. The van der Waals surface area contributed by atoms with Crippen molar-refractivity contribution in [3.8, 4) is 45.1 Å². The minimum atomic E-state index is -0.748. The summed E-state index contributed by atoms with van der Waals surface area (Å²) in [5, 5.41) is 22.1. The Labute approximate surface area is 369 Å². The van der Waals surface area contributed by atoms with Gasteiger partial charge in [-0.15, -0.1) is 0 Å². The zero-order valence-corrected chi connectivity index (χ0v) is 35.5. The van der Waals surface area contributed by atoms with Gasteiger partial charge >= 0.3 is 0 Å². The Bertz CT molecular complexity index is 3010. The number of para-hydroxylation sites is 2. The smallest absolute Gasteiger partial charge is 0.275 e. The fourth-order valence-corrected chi connectivity index (χ4v) is 9.11. The van der Waals surface area contributed by atoms with Gasteiger partial charge < -0.3 is 48.6 Å². The Morgan fingerprint density at radius 1 is 0.703 bits per heavy atom. The molecular weight excluding hydrogens is 809 g/mol. The number of aromatic nitrogens is 6. The molecule has 10 rings (SSSR count). The van der Waals surface area contributed by atoms with Crippen molar-refractivity contribution in [3.63, 3.8) is 0 Å². The standard InChI is InChI=1S/C50H50N8O6/c1-55(34-14-15-34)24-37(59)28-64-40-18-19-41(44-27-58(36-10-6-3-7-11-36)48-46(44)52-31-54-50(48)62)42(22-40)33-20-21-56(23-33)25-38(60)29-63-39-16-12-32(13-17-39)43-26-57(35-8-4-2-5-9-35)47-45(43)51-30-53-49(47)61/h2-13,16-19,22,26-27,30-31,33-34,37-38,59-60H,14-15,20-21,23-25,28-29H2,1H3,(H,51,53,61)(H,52,54,62). The molecule has 5 heterocycles. The molecule has 0 bridgehead atoms. The Balaban J connectivity index is 0.849. The summed E-state index contributed by atoms with van der Waals surface area (Å²) in [7, 11) is 2.04. The first-order valence-electron chi connectivity index (χ1n) is 21.8. The summed E-state index contributed by atoms with van der Waals surface area (Å²) in [6.45, 7) is 2.70. The van der Waals surface area contributed by atoms with Gasteiger partial charge in [-0.3, -0.25) is 9.59 Å². The molecule has 1 aliphatic heterocycles. The lowest BCUT2D eigenvalue weighted by Gasteiger charge is -2.22. The number of hydrogen-bond donors (Lipinski definition) is 4. The zero-order chi connectivity index (χ0) is 43.7.